The summed E-state index contributed by atoms with van der Waals surface area (Å²) in [7, 11) is 0. The van der Waals surface area contributed by atoms with Crippen molar-refractivity contribution in [2.45, 2.75) is 20.4 Å². The molecule has 0 bridgehead atoms. The SMILES string of the molecule is CCN(Cc1ccccc1)CC1(C)CNC1. The first-order chi connectivity index (χ1) is 7.72. The molecule has 2 rings (SSSR count). The Labute approximate surface area is 98.7 Å². The molecule has 0 amide bonds. The number of nitrogens with zero attached hydrogens (tertiary/aromatic N) is 1. The molecule has 1 aromatic carbocycles. The van der Waals surface area contributed by atoms with Crippen molar-refractivity contribution >= 4 is 0 Å². The largest absolute Gasteiger partial charge is 0.315 e. The first-order valence-electron chi connectivity index (χ1n) is 6.19. The van der Waals surface area contributed by atoms with E-state index in [0.29, 0.717) is 5.41 Å². The summed E-state index contributed by atoms with van der Waals surface area (Å²) in [6, 6.07) is 10.7. The fourth-order valence-electron chi connectivity index (χ4n) is 2.32. The lowest BCUT2D eigenvalue weighted by atomic mass is 9.83. The van der Waals surface area contributed by atoms with Gasteiger partial charge in [0.25, 0.3) is 0 Å². The molecule has 0 spiro atoms. The molecule has 1 aromatic rings. The molecular weight excluding hydrogens is 196 g/mol. The van der Waals surface area contributed by atoms with E-state index < -0.39 is 0 Å². The van der Waals surface area contributed by atoms with Crippen molar-refractivity contribution in [2.75, 3.05) is 26.2 Å². The second kappa shape index (κ2) is 4.98. The highest BCUT2D eigenvalue weighted by atomic mass is 15.1. The summed E-state index contributed by atoms with van der Waals surface area (Å²) in [6.45, 7) is 10.4. The van der Waals surface area contributed by atoms with Crippen LogP contribution in [-0.2, 0) is 6.54 Å². The minimum Gasteiger partial charge on any atom is -0.315 e. The third kappa shape index (κ3) is 2.83. The molecule has 1 aliphatic rings. The monoisotopic (exact) mass is 218 g/mol. The molecule has 1 N–H and O–H groups in total. The zero-order valence-electron chi connectivity index (χ0n) is 10.4. The lowest BCUT2D eigenvalue weighted by Gasteiger charge is -2.42. The summed E-state index contributed by atoms with van der Waals surface area (Å²) in [4.78, 5) is 2.54. The van der Waals surface area contributed by atoms with Gasteiger partial charge in [-0.2, -0.15) is 0 Å². The third-order valence-electron chi connectivity index (χ3n) is 3.41. The van der Waals surface area contributed by atoms with Crippen LogP contribution in [-0.4, -0.2) is 31.1 Å². The van der Waals surface area contributed by atoms with Crippen molar-refractivity contribution in [1.82, 2.24) is 10.2 Å². The predicted octanol–water partition coefficient (Wildman–Crippen LogP) is 2.12. The van der Waals surface area contributed by atoms with E-state index >= 15 is 0 Å². The van der Waals surface area contributed by atoms with Gasteiger partial charge in [0.1, 0.15) is 0 Å². The van der Waals surface area contributed by atoms with Gasteiger partial charge in [-0.1, -0.05) is 44.2 Å². The van der Waals surface area contributed by atoms with Crippen LogP contribution in [0.4, 0.5) is 0 Å². The lowest BCUT2D eigenvalue weighted by molar-refractivity contribution is 0.107. The van der Waals surface area contributed by atoms with Crippen molar-refractivity contribution in [3.8, 4) is 0 Å². The van der Waals surface area contributed by atoms with Gasteiger partial charge in [-0.3, -0.25) is 4.90 Å². The van der Waals surface area contributed by atoms with Gasteiger partial charge in [0, 0.05) is 31.6 Å². The fourth-order valence-corrected chi connectivity index (χ4v) is 2.32. The second-order valence-electron chi connectivity index (χ2n) is 5.20. The average Bonchev–Trinajstić information content (AvgIpc) is 2.27. The van der Waals surface area contributed by atoms with Crippen LogP contribution in [0.15, 0.2) is 30.3 Å². The number of hydrogen-bond acceptors (Lipinski definition) is 2. The maximum Gasteiger partial charge on any atom is 0.0233 e. The Bertz CT molecular complexity index is 317. The van der Waals surface area contributed by atoms with E-state index in [4.69, 9.17) is 0 Å². The maximum atomic E-state index is 3.37. The molecule has 0 atom stereocenters. The molecule has 2 nitrogen and oxygen atoms in total. The Kier molecular flexibility index (Phi) is 3.62. The van der Waals surface area contributed by atoms with Crippen LogP contribution in [0, 0.1) is 5.41 Å². The van der Waals surface area contributed by atoms with Crippen LogP contribution >= 0.6 is 0 Å². The molecule has 0 saturated carbocycles. The van der Waals surface area contributed by atoms with Crippen molar-refractivity contribution in [3.05, 3.63) is 35.9 Å². The van der Waals surface area contributed by atoms with Crippen molar-refractivity contribution in [1.29, 1.82) is 0 Å². The number of hydrogen-bond donors (Lipinski definition) is 1. The minimum atomic E-state index is 0.491. The molecule has 0 unspecified atom stereocenters. The van der Waals surface area contributed by atoms with E-state index in [1.54, 1.807) is 0 Å². The molecule has 1 heterocycles. The summed E-state index contributed by atoms with van der Waals surface area (Å²) in [5.41, 5.74) is 1.91. The van der Waals surface area contributed by atoms with Gasteiger partial charge in [-0.15, -0.1) is 0 Å². The second-order valence-corrected chi connectivity index (χ2v) is 5.20. The van der Waals surface area contributed by atoms with Gasteiger partial charge in [0.05, 0.1) is 0 Å². The zero-order chi connectivity index (χ0) is 11.4. The molecule has 1 saturated heterocycles. The van der Waals surface area contributed by atoms with Gasteiger partial charge in [-0.05, 0) is 12.1 Å². The average molecular weight is 218 g/mol. The van der Waals surface area contributed by atoms with E-state index in [0.717, 1.165) is 26.2 Å². The number of nitrogens with one attached hydrogen (secondary N) is 1. The highest BCUT2D eigenvalue weighted by Crippen LogP contribution is 2.23. The van der Waals surface area contributed by atoms with Gasteiger partial charge < -0.3 is 5.32 Å². The van der Waals surface area contributed by atoms with Crippen LogP contribution in [0.1, 0.15) is 19.4 Å². The molecule has 88 valence electrons. The Morgan fingerprint density at radius 3 is 2.44 bits per heavy atom. The number of rotatable bonds is 5. The van der Waals surface area contributed by atoms with Crippen molar-refractivity contribution in [2.24, 2.45) is 5.41 Å². The molecule has 0 radical (unpaired) electrons. The normalized spacial score (nSPS) is 18.4. The Morgan fingerprint density at radius 1 is 1.25 bits per heavy atom. The molecule has 1 aliphatic heterocycles. The highest BCUT2D eigenvalue weighted by Gasteiger charge is 2.32. The third-order valence-corrected chi connectivity index (χ3v) is 3.41. The van der Waals surface area contributed by atoms with Crippen molar-refractivity contribution < 1.29 is 0 Å². The Balaban J connectivity index is 1.90. The van der Waals surface area contributed by atoms with Gasteiger partial charge >= 0.3 is 0 Å². The molecule has 16 heavy (non-hydrogen) atoms. The molecular formula is C14H22N2. The molecule has 2 heteroatoms. The molecule has 1 fully saturated rings. The van der Waals surface area contributed by atoms with Crippen LogP contribution in [0.5, 0.6) is 0 Å². The van der Waals surface area contributed by atoms with Crippen molar-refractivity contribution in [3.63, 3.8) is 0 Å². The first-order valence-corrected chi connectivity index (χ1v) is 6.19. The van der Waals surface area contributed by atoms with E-state index in [-0.39, 0.29) is 0 Å². The van der Waals surface area contributed by atoms with E-state index in [1.807, 2.05) is 0 Å². The topological polar surface area (TPSA) is 15.3 Å². The smallest absolute Gasteiger partial charge is 0.0233 e. The Hall–Kier alpha value is -0.860. The van der Waals surface area contributed by atoms with E-state index in [9.17, 15) is 0 Å². The van der Waals surface area contributed by atoms with Crippen LogP contribution in [0.3, 0.4) is 0 Å². The van der Waals surface area contributed by atoms with Crippen LogP contribution in [0.2, 0.25) is 0 Å². The van der Waals surface area contributed by atoms with Crippen LogP contribution < -0.4 is 5.32 Å². The standard InChI is InChI=1S/C14H22N2/c1-3-16(12-14(2)10-15-11-14)9-13-7-5-4-6-8-13/h4-8,15H,3,9-12H2,1-2H3. The lowest BCUT2D eigenvalue weighted by Crippen LogP contribution is -2.56. The van der Waals surface area contributed by atoms with Gasteiger partial charge in [0.2, 0.25) is 0 Å². The highest BCUT2D eigenvalue weighted by molar-refractivity contribution is 5.14. The summed E-state index contributed by atoms with van der Waals surface area (Å²) in [6.07, 6.45) is 0. The van der Waals surface area contributed by atoms with Crippen LogP contribution in [0.25, 0.3) is 0 Å². The minimum absolute atomic E-state index is 0.491. The van der Waals surface area contributed by atoms with E-state index in [1.165, 1.54) is 12.1 Å². The Morgan fingerprint density at radius 2 is 1.94 bits per heavy atom. The van der Waals surface area contributed by atoms with Gasteiger partial charge in [0.15, 0.2) is 0 Å². The summed E-state index contributed by atoms with van der Waals surface area (Å²) < 4.78 is 0. The van der Waals surface area contributed by atoms with Gasteiger partial charge in [-0.25, -0.2) is 0 Å². The maximum absolute atomic E-state index is 3.37. The fraction of sp³-hybridized carbons (Fsp3) is 0.571. The summed E-state index contributed by atoms with van der Waals surface area (Å²) in [5, 5.41) is 3.37. The van der Waals surface area contributed by atoms with E-state index in [2.05, 4.69) is 54.4 Å². The predicted molar refractivity (Wildman–Crippen MR) is 68.4 cm³/mol. The molecule has 0 aromatic heterocycles. The zero-order valence-corrected chi connectivity index (χ0v) is 10.4. The number of benzene rings is 1. The quantitative estimate of drug-likeness (QED) is 0.814. The summed E-state index contributed by atoms with van der Waals surface area (Å²) in [5.74, 6) is 0. The molecule has 0 aliphatic carbocycles. The summed E-state index contributed by atoms with van der Waals surface area (Å²) >= 11 is 0. The first kappa shape index (κ1) is 11.6.